The van der Waals surface area contributed by atoms with E-state index >= 15 is 0 Å². The molecule has 130 valence electrons. The van der Waals surface area contributed by atoms with Crippen molar-refractivity contribution in [1.82, 2.24) is 0 Å². The number of carbonyl (C=O) groups excluding carboxylic acids is 1. The first kappa shape index (κ1) is 21.3. The zero-order chi connectivity index (χ0) is 16.6. The number of esters is 1. The second kappa shape index (κ2) is 15.3. The van der Waals surface area contributed by atoms with Gasteiger partial charge in [-0.25, -0.2) is 4.79 Å². The van der Waals surface area contributed by atoms with Crippen LogP contribution in [0.25, 0.3) is 0 Å². The molecule has 0 heterocycles. The molecule has 0 atom stereocenters. The maximum absolute atomic E-state index is 11.8. The van der Waals surface area contributed by atoms with E-state index < -0.39 is 0 Å². The fourth-order valence-electron chi connectivity index (χ4n) is 1.68. The molecular formula is C17H34O4Si. The van der Waals surface area contributed by atoms with Gasteiger partial charge in [-0.05, 0) is 26.2 Å². The Morgan fingerprint density at radius 1 is 1.05 bits per heavy atom. The van der Waals surface area contributed by atoms with Gasteiger partial charge < -0.3 is 14.2 Å². The van der Waals surface area contributed by atoms with E-state index in [2.05, 4.69) is 13.8 Å². The zero-order valence-electron chi connectivity index (χ0n) is 14.9. The molecule has 0 aliphatic rings. The maximum atomic E-state index is 11.8. The van der Waals surface area contributed by atoms with E-state index in [0.717, 1.165) is 48.4 Å². The molecule has 0 unspecified atom stereocenters. The van der Waals surface area contributed by atoms with Crippen molar-refractivity contribution in [3.05, 3.63) is 11.6 Å². The minimum atomic E-state index is -0.262. The van der Waals surface area contributed by atoms with Gasteiger partial charge in [-0.1, -0.05) is 38.8 Å². The molecule has 0 aromatic heterocycles. The van der Waals surface area contributed by atoms with Gasteiger partial charge in [-0.15, -0.1) is 0 Å². The molecule has 0 aliphatic carbocycles. The van der Waals surface area contributed by atoms with Crippen molar-refractivity contribution in [2.45, 2.75) is 71.6 Å². The number of rotatable bonds is 14. The molecule has 0 N–H and O–H groups in total. The molecule has 22 heavy (non-hydrogen) atoms. The van der Waals surface area contributed by atoms with Crippen LogP contribution in [0.4, 0.5) is 0 Å². The molecule has 0 radical (unpaired) electrons. The molecule has 0 bridgehead atoms. The van der Waals surface area contributed by atoms with E-state index in [0.29, 0.717) is 31.8 Å². The third kappa shape index (κ3) is 11.9. The molecule has 4 nitrogen and oxygen atoms in total. The Hall–Kier alpha value is -0.653. The van der Waals surface area contributed by atoms with Crippen LogP contribution < -0.4 is 0 Å². The Kier molecular flexibility index (Phi) is 14.8. The van der Waals surface area contributed by atoms with Crippen molar-refractivity contribution >= 4 is 16.2 Å². The molecule has 0 rings (SSSR count). The molecular weight excluding hydrogens is 296 g/mol. The predicted molar refractivity (Wildman–Crippen MR) is 94.2 cm³/mol. The Morgan fingerprint density at radius 3 is 2.14 bits per heavy atom. The first-order chi connectivity index (χ1) is 10.7. The summed E-state index contributed by atoms with van der Waals surface area (Å²) in [6, 6.07) is 1.16. The van der Waals surface area contributed by atoms with E-state index in [1.807, 2.05) is 6.08 Å². The SMILES string of the molecule is CCCCOC(CC=C(C)C(=O)OCCC[SiH3])OCCCC. The third-order valence-corrected chi connectivity index (χ3v) is 3.98. The fourth-order valence-corrected chi connectivity index (χ4v) is 1.97. The van der Waals surface area contributed by atoms with E-state index in [4.69, 9.17) is 14.2 Å². The highest BCUT2D eigenvalue weighted by Crippen LogP contribution is 2.09. The van der Waals surface area contributed by atoms with Gasteiger partial charge in [0, 0.05) is 35.5 Å². The summed E-state index contributed by atoms with van der Waals surface area (Å²) in [4.78, 5) is 11.8. The Bertz CT molecular complexity index is 295. The number of hydrogen-bond acceptors (Lipinski definition) is 4. The summed E-state index contributed by atoms with van der Waals surface area (Å²) in [6.07, 6.45) is 7.42. The van der Waals surface area contributed by atoms with Gasteiger partial charge in [0.2, 0.25) is 0 Å². The van der Waals surface area contributed by atoms with Gasteiger partial charge in [0.1, 0.15) is 0 Å². The summed E-state index contributed by atoms with van der Waals surface area (Å²) >= 11 is 0. The topological polar surface area (TPSA) is 44.8 Å². The van der Waals surface area contributed by atoms with Crippen LogP contribution in [0.15, 0.2) is 11.6 Å². The van der Waals surface area contributed by atoms with Gasteiger partial charge in [-0.3, -0.25) is 0 Å². The summed E-state index contributed by atoms with van der Waals surface area (Å²) in [6.45, 7) is 7.98. The van der Waals surface area contributed by atoms with Crippen LogP contribution >= 0.6 is 0 Å². The summed E-state index contributed by atoms with van der Waals surface area (Å²) in [7, 11) is 1.16. The van der Waals surface area contributed by atoms with Crippen molar-refractivity contribution in [3.8, 4) is 0 Å². The average Bonchev–Trinajstić information content (AvgIpc) is 2.52. The average molecular weight is 331 g/mol. The van der Waals surface area contributed by atoms with E-state index in [-0.39, 0.29) is 12.3 Å². The van der Waals surface area contributed by atoms with Gasteiger partial charge in [-0.2, -0.15) is 0 Å². The summed E-state index contributed by atoms with van der Waals surface area (Å²) in [5.41, 5.74) is 0.636. The third-order valence-electron chi connectivity index (χ3n) is 3.27. The minimum Gasteiger partial charge on any atom is -0.462 e. The van der Waals surface area contributed by atoms with E-state index in [9.17, 15) is 4.79 Å². The number of carbonyl (C=O) groups is 1. The lowest BCUT2D eigenvalue weighted by atomic mass is 10.2. The van der Waals surface area contributed by atoms with Crippen LogP contribution in [0.5, 0.6) is 0 Å². The summed E-state index contributed by atoms with van der Waals surface area (Å²) in [5, 5.41) is 0. The van der Waals surface area contributed by atoms with Crippen molar-refractivity contribution in [1.29, 1.82) is 0 Å². The molecule has 0 saturated heterocycles. The first-order valence-electron chi connectivity index (χ1n) is 8.72. The highest BCUT2D eigenvalue weighted by molar-refractivity contribution is 6.08. The lowest BCUT2D eigenvalue weighted by molar-refractivity contribution is -0.141. The summed E-state index contributed by atoms with van der Waals surface area (Å²) in [5.74, 6) is -0.226. The highest BCUT2D eigenvalue weighted by atomic mass is 28.1. The lowest BCUT2D eigenvalue weighted by Gasteiger charge is -2.17. The lowest BCUT2D eigenvalue weighted by Crippen LogP contribution is -2.18. The molecule has 0 aromatic rings. The van der Waals surface area contributed by atoms with Gasteiger partial charge >= 0.3 is 5.97 Å². The molecule has 0 aromatic carbocycles. The number of ether oxygens (including phenoxy) is 3. The predicted octanol–water partition coefficient (Wildman–Crippen LogP) is 3.00. The van der Waals surface area contributed by atoms with Gasteiger partial charge in [0.25, 0.3) is 0 Å². The van der Waals surface area contributed by atoms with Crippen LogP contribution in [0.3, 0.4) is 0 Å². The summed E-state index contributed by atoms with van der Waals surface area (Å²) < 4.78 is 16.7. The van der Waals surface area contributed by atoms with Crippen LogP contribution in [0.2, 0.25) is 6.04 Å². The second-order valence-corrected chi connectivity index (χ2v) is 6.49. The van der Waals surface area contributed by atoms with Crippen LogP contribution in [-0.4, -0.2) is 42.3 Å². The van der Waals surface area contributed by atoms with Crippen LogP contribution in [-0.2, 0) is 19.0 Å². The van der Waals surface area contributed by atoms with Crippen molar-refractivity contribution in [2.24, 2.45) is 0 Å². The fraction of sp³-hybridized carbons (Fsp3) is 0.824. The van der Waals surface area contributed by atoms with Crippen LogP contribution in [0.1, 0.15) is 59.3 Å². The molecule has 0 aliphatic heterocycles. The molecule has 0 saturated carbocycles. The number of hydrogen-bond donors (Lipinski definition) is 0. The Balaban J connectivity index is 4.23. The Labute approximate surface area is 139 Å². The van der Waals surface area contributed by atoms with Gasteiger partial charge in [0.15, 0.2) is 6.29 Å². The minimum absolute atomic E-state index is 0.226. The second-order valence-electron chi connectivity index (χ2n) is 5.49. The first-order valence-corrected chi connectivity index (χ1v) is 10.1. The van der Waals surface area contributed by atoms with Crippen molar-refractivity contribution in [3.63, 3.8) is 0 Å². The molecule has 0 spiro atoms. The van der Waals surface area contributed by atoms with E-state index in [1.54, 1.807) is 6.92 Å². The highest BCUT2D eigenvalue weighted by Gasteiger charge is 2.10. The largest absolute Gasteiger partial charge is 0.462 e. The molecule has 0 amide bonds. The molecule has 5 heteroatoms. The normalized spacial score (nSPS) is 12.1. The van der Waals surface area contributed by atoms with E-state index in [1.165, 1.54) is 0 Å². The standard InChI is InChI=1S/C17H34O4Si/c1-4-6-11-19-16(20-12-7-5-2)10-9-15(3)17(18)21-13-8-14-22/h9,16H,4-8,10-14H2,1-3,22H3. The molecule has 0 fully saturated rings. The van der Waals surface area contributed by atoms with Crippen molar-refractivity contribution in [2.75, 3.05) is 19.8 Å². The zero-order valence-corrected chi connectivity index (χ0v) is 16.9. The number of unbranched alkanes of at least 4 members (excludes halogenated alkanes) is 2. The monoisotopic (exact) mass is 330 g/mol. The van der Waals surface area contributed by atoms with Gasteiger partial charge in [0.05, 0.1) is 6.61 Å². The van der Waals surface area contributed by atoms with Crippen molar-refractivity contribution < 1.29 is 19.0 Å². The quantitative estimate of drug-likeness (QED) is 0.161. The maximum Gasteiger partial charge on any atom is 0.333 e. The van der Waals surface area contributed by atoms with Crippen LogP contribution in [0, 0.1) is 0 Å². The Morgan fingerprint density at radius 2 is 1.64 bits per heavy atom. The smallest absolute Gasteiger partial charge is 0.333 e.